The van der Waals surface area contributed by atoms with Crippen molar-refractivity contribution in [2.75, 3.05) is 0 Å². The topological polar surface area (TPSA) is 64.9 Å². The van der Waals surface area contributed by atoms with Crippen LogP contribution in [0.5, 0.6) is 0 Å². The summed E-state index contributed by atoms with van der Waals surface area (Å²) in [4.78, 5) is 4.37. The van der Waals surface area contributed by atoms with Crippen LogP contribution < -0.4 is 5.73 Å². The summed E-state index contributed by atoms with van der Waals surface area (Å²) >= 11 is 0. The van der Waals surface area contributed by atoms with E-state index in [-0.39, 0.29) is 6.04 Å². The van der Waals surface area contributed by atoms with E-state index < -0.39 is 0 Å². The first-order valence-corrected chi connectivity index (χ1v) is 7.50. The predicted octanol–water partition coefficient (Wildman–Crippen LogP) is 3.48. The molecular formula is C15H27N3O. The van der Waals surface area contributed by atoms with E-state index in [1.165, 1.54) is 25.7 Å². The van der Waals surface area contributed by atoms with Gasteiger partial charge in [-0.3, -0.25) is 0 Å². The van der Waals surface area contributed by atoms with Crippen LogP contribution in [0.3, 0.4) is 0 Å². The van der Waals surface area contributed by atoms with Gasteiger partial charge in [0.15, 0.2) is 5.82 Å². The molecule has 2 N–H and O–H groups in total. The molecule has 108 valence electrons. The summed E-state index contributed by atoms with van der Waals surface area (Å²) in [6, 6.07) is -0.0648. The number of aromatic nitrogens is 2. The van der Waals surface area contributed by atoms with Crippen LogP contribution in [0.15, 0.2) is 4.52 Å². The van der Waals surface area contributed by atoms with Gasteiger partial charge in [0.1, 0.15) is 0 Å². The number of nitrogens with zero attached hydrogens (tertiary/aromatic N) is 2. The van der Waals surface area contributed by atoms with Crippen LogP contribution >= 0.6 is 0 Å². The van der Waals surface area contributed by atoms with Gasteiger partial charge in [-0.1, -0.05) is 32.9 Å². The molecule has 1 aliphatic rings. The van der Waals surface area contributed by atoms with Gasteiger partial charge in [-0.25, -0.2) is 0 Å². The zero-order valence-electron chi connectivity index (χ0n) is 12.6. The zero-order valence-corrected chi connectivity index (χ0v) is 12.6. The minimum atomic E-state index is -0.0648. The SMILES string of the molecule is CCc1nc(C(N)C2CCC(C(C)(C)C)CC2)no1. The van der Waals surface area contributed by atoms with Gasteiger partial charge in [-0.05, 0) is 42.9 Å². The molecule has 19 heavy (non-hydrogen) atoms. The second-order valence-corrected chi connectivity index (χ2v) is 6.90. The first-order valence-electron chi connectivity index (χ1n) is 7.50. The maximum absolute atomic E-state index is 6.31. The summed E-state index contributed by atoms with van der Waals surface area (Å²) in [5.74, 6) is 2.69. The summed E-state index contributed by atoms with van der Waals surface area (Å²) in [7, 11) is 0. The minimum absolute atomic E-state index is 0.0648. The fourth-order valence-electron chi connectivity index (χ4n) is 3.10. The van der Waals surface area contributed by atoms with Crippen LogP contribution in [-0.2, 0) is 6.42 Å². The van der Waals surface area contributed by atoms with Crippen molar-refractivity contribution in [3.63, 3.8) is 0 Å². The molecule has 0 saturated heterocycles. The minimum Gasteiger partial charge on any atom is -0.339 e. The third-order valence-corrected chi connectivity index (χ3v) is 4.59. The van der Waals surface area contributed by atoms with Gasteiger partial charge < -0.3 is 10.3 Å². The average Bonchev–Trinajstić information content (AvgIpc) is 2.86. The monoisotopic (exact) mass is 265 g/mol. The summed E-state index contributed by atoms with van der Waals surface area (Å²) in [6.07, 6.45) is 5.66. The van der Waals surface area contributed by atoms with Crippen molar-refractivity contribution in [2.24, 2.45) is 23.0 Å². The maximum Gasteiger partial charge on any atom is 0.226 e. The van der Waals surface area contributed by atoms with E-state index >= 15 is 0 Å². The van der Waals surface area contributed by atoms with E-state index in [1.54, 1.807) is 0 Å². The fourth-order valence-corrected chi connectivity index (χ4v) is 3.10. The molecule has 0 radical (unpaired) electrons. The van der Waals surface area contributed by atoms with E-state index in [1.807, 2.05) is 6.92 Å². The third kappa shape index (κ3) is 3.35. The van der Waals surface area contributed by atoms with Gasteiger partial charge in [0.05, 0.1) is 6.04 Å². The lowest BCUT2D eigenvalue weighted by Crippen LogP contribution is -2.31. The molecule has 0 amide bonds. The highest BCUT2D eigenvalue weighted by Gasteiger charge is 2.33. The van der Waals surface area contributed by atoms with Gasteiger partial charge in [-0.2, -0.15) is 4.98 Å². The van der Waals surface area contributed by atoms with E-state index in [4.69, 9.17) is 10.3 Å². The molecule has 0 spiro atoms. The Bertz CT molecular complexity index is 400. The molecule has 0 bridgehead atoms. The zero-order chi connectivity index (χ0) is 14.0. The van der Waals surface area contributed by atoms with Gasteiger partial charge in [0, 0.05) is 6.42 Å². The lowest BCUT2D eigenvalue weighted by Gasteiger charge is -2.38. The van der Waals surface area contributed by atoms with Crippen LogP contribution in [0.2, 0.25) is 0 Å². The second kappa shape index (κ2) is 5.61. The summed E-state index contributed by atoms with van der Waals surface area (Å²) in [5, 5.41) is 4.02. The Balaban J connectivity index is 1.94. The number of hydrogen-bond donors (Lipinski definition) is 1. The molecule has 1 aromatic heterocycles. The number of rotatable bonds is 3. The molecule has 0 aromatic carbocycles. The van der Waals surface area contributed by atoms with Gasteiger partial charge in [-0.15, -0.1) is 0 Å². The molecule has 4 nitrogen and oxygen atoms in total. The Morgan fingerprint density at radius 3 is 2.37 bits per heavy atom. The Morgan fingerprint density at radius 1 is 1.26 bits per heavy atom. The standard InChI is InChI=1S/C15H27N3O/c1-5-12-17-14(18-19-12)13(16)10-6-8-11(9-7-10)15(2,3)4/h10-11,13H,5-9,16H2,1-4H3. The van der Waals surface area contributed by atoms with Crippen LogP contribution in [0.4, 0.5) is 0 Å². The maximum atomic E-state index is 6.31. The third-order valence-electron chi connectivity index (χ3n) is 4.59. The lowest BCUT2D eigenvalue weighted by atomic mass is 9.68. The molecule has 1 heterocycles. The highest BCUT2D eigenvalue weighted by molar-refractivity contribution is 4.97. The van der Waals surface area contributed by atoms with Crippen molar-refractivity contribution >= 4 is 0 Å². The Hall–Kier alpha value is -0.900. The second-order valence-electron chi connectivity index (χ2n) is 6.90. The smallest absolute Gasteiger partial charge is 0.226 e. The molecule has 1 saturated carbocycles. The van der Waals surface area contributed by atoms with Crippen LogP contribution in [-0.4, -0.2) is 10.1 Å². The Kier molecular flexibility index (Phi) is 4.29. The molecule has 1 fully saturated rings. The summed E-state index contributed by atoms with van der Waals surface area (Å²) < 4.78 is 5.16. The first-order chi connectivity index (χ1) is 8.91. The molecule has 2 rings (SSSR count). The van der Waals surface area contributed by atoms with Crippen molar-refractivity contribution in [3.8, 4) is 0 Å². The van der Waals surface area contributed by atoms with Crippen molar-refractivity contribution in [1.82, 2.24) is 10.1 Å². The quantitative estimate of drug-likeness (QED) is 0.908. The number of nitrogens with two attached hydrogens (primary N) is 1. The normalized spacial score (nSPS) is 26.4. The summed E-state index contributed by atoms with van der Waals surface area (Å²) in [6.45, 7) is 9.03. The van der Waals surface area contributed by atoms with Crippen molar-refractivity contribution in [1.29, 1.82) is 0 Å². The average molecular weight is 265 g/mol. The molecule has 1 aliphatic carbocycles. The van der Waals surface area contributed by atoms with Gasteiger partial charge in [0.2, 0.25) is 5.89 Å². The lowest BCUT2D eigenvalue weighted by molar-refractivity contribution is 0.138. The van der Waals surface area contributed by atoms with E-state index in [0.29, 0.717) is 23.0 Å². The van der Waals surface area contributed by atoms with Crippen molar-refractivity contribution in [3.05, 3.63) is 11.7 Å². The highest BCUT2D eigenvalue weighted by Crippen LogP contribution is 2.42. The Labute approximate surface area is 116 Å². The van der Waals surface area contributed by atoms with E-state index in [0.717, 1.165) is 12.3 Å². The van der Waals surface area contributed by atoms with Crippen LogP contribution in [0, 0.1) is 17.3 Å². The van der Waals surface area contributed by atoms with Gasteiger partial charge in [0.25, 0.3) is 0 Å². The van der Waals surface area contributed by atoms with Crippen LogP contribution in [0.25, 0.3) is 0 Å². The van der Waals surface area contributed by atoms with Crippen LogP contribution in [0.1, 0.15) is 71.1 Å². The largest absolute Gasteiger partial charge is 0.339 e. The molecule has 1 aromatic rings. The number of hydrogen-bond acceptors (Lipinski definition) is 4. The van der Waals surface area contributed by atoms with E-state index in [9.17, 15) is 0 Å². The molecule has 0 aliphatic heterocycles. The van der Waals surface area contributed by atoms with Crippen molar-refractivity contribution < 1.29 is 4.52 Å². The van der Waals surface area contributed by atoms with Gasteiger partial charge >= 0.3 is 0 Å². The molecule has 1 unspecified atom stereocenters. The van der Waals surface area contributed by atoms with E-state index in [2.05, 4.69) is 30.9 Å². The summed E-state index contributed by atoms with van der Waals surface area (Å²) in [5.41, 5.74) is 6.72. The Morgan fingerprint density at radius 2 is 1.89 bits per heavy atom. The molecule has 1 atom stereocenters. The molecular weight excluding hydrogens is 238 g/mol. The first kappa shape index (κ1) is 14.5. The predicted molar refractivity (Wildman–Crippen MR) is 75.5 cm³/mol. The molecule has 4 heteroatoms. The fraction of sp³-hybridized carbons (Fsp3) is 0.867. The van der Waals surface area contributed by atoms with Crippen molar-refractivity contribution in [2.45, 2.75) is 65.8 Å². The number of aryl methyl sites for hydroxylation is 1. The highest BCUT2D eigenvalue weighted by atomic mass is 16.5.